The van der Waals surface area contributed by atoms with Gasteiger partial charge in [-0.1, -0.05) is 12.1 Å². The van der Waals surface area contributed by atoms with Gasteiger partial charge in [0.15, 0.2) is 0 Å². The third-order valence-corrected chi connectivity index (χ3v) is 3.52. The molecule has 0 fully saturated rings. The van der Waals surface area contributed by atoms with Gasteiger partial charge in [-0.2, -0.15) is 0 Å². The Morgan fingerprint density at radius 2 is 2.11 bits per heavy atom. The monoisotopic (exact) mass is 259 g/mol. The number of aliphatic hydroxyl groups is 1. The van der Waals surface area contributed by atoms with E-state index in [9.17, 15) is 5.11 Å². The Bertz CT molecular complexity index is 563. The van der Waals surface area contributed by atoms with E-state index in [0.29, 0.717) is 6.42 Å². The van der Waals surface area contributed by atoms with E-state index >= 15 is 0 Å². The molecule has 1 N–H and O–H groups in total. The van der Waals surface area contributed by atoms with Crippen LogP contribution in [0.15, 0.2) is 24.3 Å². The molecule has 0 aliphatic carbocycles. The zero-order valence-electron chi connectivity index (χ0n) is 10.9. The van der Waals surface area contributed by atoms with Gasteiger partial charge in [0.2, 0.25) is 0 Å². The standard InChI is InChI=1S/C14H17N3O2/c1-19-11-7-5-10(6-8-11)9-13-16-15-12-3-2-4-14(18)17(12)13/h5-8,14,18H,2-4,9H2,1H3. The van der Waals surface area contributed by atoms with Crippen molar-refractivity contribution in [2.24, 2.45) is 0 Å². The molecule has 100 valence electrons. The third kappa shape index (κ3) is 2.33. The molecule has 0 saturated carbocycles. The first kappa shape index (κ1) is 12.2. The maximum Gasteiger partial charge on any atom is 0.139 e. The van der Waals surface area contributed by atoms with Crippen molar-refractivity contribution in [3.63, 3.8) is 0 Å². The second kappa shape index (κ2) is 5.01. The molecule has 0 saturated heterocycles. The molecule has 0 radical (unpaired) electrons. The van der Waals surface area contributed by atoms with Gasteiger partial charge in [-0.25, -0.2) is 0 Å². The molecule has 5 heteroatoms. The Kier molecular flexibility index (Phi) is 3.21. The lowest BCUT2D eigenvalue weighted by molar-refractivity contribution is 0.0753. The molecule has 1 atom stereocenters. The molecular formula is C14H17N3O2. The number of aromatic nitrogens is 3. The first-order chi connectivity index (χ1) is 9.28. The Hall–Kier alpha value is -1.88. The summed E-state index contributed by atoms with van der Waals surface area (Å²) in [5, 5.41) is 18.4. The van der Waals surface area contributed by atoms with Crippen LogP contribution in [-0.2, 0) is 12.8 Å². The van der Waals surface area contributed by atoms with Crippen LogP contribution in [0.3, 0.4) is 0 Å². The fourth-order valence-electron chi connectivity index (χ4n) is 2.49. The summed E-state index contributed by atoms with van der Waals surface area (Å²) in [6.45, 7) is 0. The van der Waals surface area contributed by atoms with E-state index in [1.54, 1.807) is 7.11 Å². The number of rotatable bonds is 3. The van der Waals surface area contributed by atoms with Gasteiger partial charge in [-0.15, -0.1) is 10.2 Å². The van der Waals surface area contributed by atoms with Crippen LogP contribution in [0.5, 0.6) is 5.75 Å². The fraction of sp³-hybridized carbons (Fsp3) is 0.429. The molecule has 1 aromatic heterocycles. The summed E-state index contributed by atoms with van der Waals surface area (Å²) >= 11 is 0. The Balaban J connectivity index is 1.85. The zero-order valence-corrected chi connectivity index (χ0v) is 10.9. The minimum atomic E-state index is -0.480. The van der Waals surface area contributed by atoms with Crippen LogP contribution >= 0.6 is 0 Å². The average molecular weight is 259 g/mol. The molecule has 2 aromatic rings. The van der Waals surface area contributed by atoms with Gasteiger partial charge in [-0.05, 0) is 30.5 Å². The minimum absolute atomic E-state index is 0.480. The number of nitrogens with zero attached hydrogens (tertiary/aromatic N) is 3. The number of aryl methyl sites for hydroxylation is 1. The predicted molar refractivity (Wildman–Crippen MR) is 70.0 cm³/mol. The number of hydrogen-bond acceptors (Lipinski definition) is 4. The van der Waals surface area contributed by atoms with E-state index in [1.165, 1.54) is 0 Å². The number of methoxy groups -OCH3 is 1. The van der Waals surface area contributed by atoms with Crippen molar-refractivity contribution in [1.82, 2.24) is 14.8 Å². The van der Waals surface area contributed by atoms with E-state index in [4.69, 9.17) is 4.74 Å². The molecule has 2 heterocycles. The van der Waals surface area contributed by atoms with Gasteiger partial charge in [0.25, 0.3) is 0 Å². The predicted octanol–water partition coefficient (Wildman–Crippen LogP) is 1.70. The molecule has 0 amide bonds. The maximum atomic E-state index is 10.1. The van der Waals surface area contributed by atoms with E-state index in [-0.39, 0.29) is 0 Å². The molecule has 0 spiro atoms. The molecule has 1 aliphatic heterocycles. The Morgan fingerprint density at radius 1 is 1.32 bits per heavy atom. The minimum Gasteiger partial charge on any atom is -0.497 e. The highest BCUT2D eigenvalue weighted by Crippen LogP contribution is 2.24. The summed E-state index contributed by atoms with van der Waals surface area (Å²) in [6, 6.07) is 7.88. The summed E-state index contributed by atoms with van der Waals surface area (Å²) in [6.07, 6.45) is 2.84. The maximum absolute atomic E-state index is 10.1. The van der Waals surface area contributed by atoms with Crippen molar-refractivity contribution in [3.05, 3.63) is 41.5 Å². The highest BCUT2D eigenvalue weighted by Gasteiger charge is 2.22. The topological polar surface area (TPSA) is 60.2 Å². The van der Waals surface area contributed by atoms with Crippen molar-refractivity contribution in [2.45, 2.75) is 31.9 Å². The van der Waals surface area contributed by atoms with Crippen LogP contribution in [0.1, 0.15) is 36.3 Å². The van der Waals surface area contributed by atoms with Gasteiger partial charge < -0.3 is 9.84 Å². The third-order valence-electron chi connectivity index (χ3n) is 3.52. The number of aliphatic hydroxyl groups excluding tert-OH is 1. The molecule has 3 rings (SSSR count). The van der Waals surface area contributed by atoms with E-state index in [1.807, 2.05) is 28.8 Å². The molecule has 5 nitrogen and oxygen atoms in total. The second-order valence-corrected chi connectivity index (χ2v) is 4.80. The molecule has 0 bridgehead atoms. The summed E-state index contributed by atoms with van der Waals surface area (Å²) < 4.78 is 7.01. The Morgan fingerprint density at radius 3 is 2.84 bits per heavy atom. The van der Waals surface area contributed by atoms with Gasteiger partial charge in [0.1, 0.15) is 23.6 Å². The highest BCUT2D eigenvalue weighted by molar-refractivity contribution is 5.29. The van der Waals surface area contributed by atoms with Crippen molar-refractivity contribution < 1.29 is 9.84 Å². The second-order valence-electron chi connectivity index (χ2n) is 4.80. The highest BCUT2D eigenvalue weighted by atomic mass is 16.5. The van der Waals surface area contributed by atoms with Gasteiger partial charge in [-0.3, -0.25) is 4.57 Å². The summed E-state index contributed by atoms with van der Waals surface area (Å²) in [7, 11) is 1.65. The van der Waals surface area contributed by atoms with E-state index in [2.05, 4.69) is 10.2 Å². The van der Waals surface area contributed by atoms with Gasteiger partial charge in [0.05, 0.1) is 7.11 Å². The van der Waals surface area contributed by atoms with Crippen LogP contribution in [0, 0.1) is 0 Å². The number of fused-ring (bicyclic) bond motifs is 1. The largest absolute Gasteiger partial charge is 0.497 e. The van der Waals surface area contributed by atoms with Crippen LogP contribution in [-0.4, -0.2) is 27.0 Å². The lowest BCUT2D eigenvalue weighted by Gasteiger charge is -2.21. The lowest BCUT2D eigenvalue weighted by atomic mass is 10.1. The van der Waals surface area contributed by atoms with Crippen molar-refractivity contribution in [2.75, 3.05) is 7.11 Å². The van der Waals surface area contributed by atoms with Crippen LogP contribution in [0.25, 0.3) is 0 Å². The van der Waals surface area contributed by atoms with Gasteiger partial charge >= 0.3 is 0 Å². The number of ether oxygens (including phenoxy) is 1. The van der Waals surface area contributed by atoms with Crippen LogP contribution in [0.4, 0.5) is 0 Å². The molecule has 1 aliphatic rings. The quantitative estimate of drug-likeness (QED) is 0.911. The summed E-state index contributed by atoms with van der Waals surface area (Å²) in [4.78, 5) is 0. The summed E-state index contributed by atoms with van der Waals surface area (Å²) in [5.74, 6) is 2.56. The van der Waals surface area contributed by atoms with Crippen LogP contribution in [0.2, 0.25) is 0 Å². The number of benzene rings is 1. The number of hydrogen-bond donors (Lipinski definition) is 1. The van der Waals surface area contributed by atoms with Crippen molar-refractivity contribution in [1.29, 1.82) is 0 Å². The van der Waals surface area contributed by atoms with Crippen molar-refractivity contribution in [3.8, 4) is 5.75 Å². The first-order valence-corrected chi connectivity index (χ1v) is 6.51. The molecule has 1 unspecified atom stereocenters. The molecule has 1 aromatic carbocycles. The fourth-order valence-corrected chi connectivity index (χ4v) is 2.49. The van der Waals surface area contributed by atoms with Crippen LogP contribution < -0.4 is 4.74 Å². The van der Waals surface area contributed by atoms with Gasteiger partial charge in [0, 0.05) is 12.8 Å². The smallest absolute Gasteiger partial charge is 0.139 e. The Labute approximate surface area is 111 Å². The lowest BCUT2D eigenvalue weighted by Crippen LogP contribution is -2.19. The summed E-state index contributed by atoms with van der Waals surface area (Å²) in [5.41, 5.74) is 1.13. The normalized spacial score (nSPS) is 18.1. The van der Waals surface area contributed by atoms with E-state index in [0.717, 1.165) is 42.2 Å². The first-order valence-electron chi connectivity index (χ1n) is 6.51. The SMILES string of the molecule is COc1ccc(Cc2nnc3n2C(O)CCC3)cc1. The van der Waals surface area contributed by atoms with E-state index < -0.39 is 6.23 Å². The molecule has 19 heavy (non-hydrogen) atoms. The van der Waals surface area contributed by atoms with Crippen molar-refractivity contribution >= 4 is 0 Å². The molecular weight excluding hydrogens is 242 g/mol. The average Bonchev–Trinajstić information content (AvgIpc) is 2.84. The zero-order chi connectivity index (χ0) is 13.2.